The molecule has 0 aliphatic carbocycles. The second-order valence-electron chi connectivity index (χ2n) is 9.62. The molecule has 1 aromatic heterocycles. The van der Waals surface area contributed by atoms with Crippen molar-refractivity contribution >= 4 is 23.1 Å². The number of Topliss-reactive ketones (excluding diaryl/α,β-unsaturated/α-hetero) is 1. The number of benzene rings is 1. The molecule has 2 aliphatic rings. The number of rotatable bonds is 4. The molecule has 1 N–H and O–H groups in total. The van der Waals surface area contributed by atoms with E-state index in [-0.39, 0.29) is 11.4 Å². The highest BCUT2D eigenvalue weighted by atomic mass is 16.3. The molecule has 1 aromatic carbocycles. The van der Waals surface area contributed by atoms with Crippen molar-refractivity contribution in [3.05, 3.63) is 59.8 Å². The lowest BCUT2D eigenvalue weighted by Gasteiger charge is -2.32. The largest absolute Gasteiger partial charge is 0.503 e. The molecule has 1 amide bonds. The number of furan rings is 1. The van der Waals surface area contributed by atoms with E-state index in [9.17, 15) is 14.7 Å². The lowest BCUT2D eigenvalue weighted by molar-refractivity contribution is -0.123. The minimum absolute atomic E-state index is 0.0848. The fourth-order valence-electron chi connectivity index (χ4n) is 4.31. The van der Waals surface area contributed by atoms with Crippen LogP contribution >= 0.6 is 0 Å². The number of carbonyl (C=O) groups excluding carboxylic acids is 2. The highest BCUT2D eigenvalue weighted by molar-refractivity contribution is 6.17. The van der Waals surface area contributed by atoms with Crippen molar-refractivity contribution in [3.63, 3.8) is 0 Å². The van der Waals surface area contributed by atoms with E-state index in [1.165, 1.54) is 24.0 Å². The smallest absolute Gasteiger partial charge is 0.294 e. The van der Waals surface area contributed by atoms with Crippen molar-refractivity contribution in [3.8, 4) is 0 Å². The van der Waals surface area contributed by atoms with E-state index < -0.39 is 23.1 Å². The molecule has 6 nitrogen and oxygen atoms in total. The zero-order valence-corrected chi connectivity index (χ0v) is 18.6. The topological polar surface area (TPSA) is 74.0 Å². The zero-order chi connectivity index (χ0) is 22.3. The zero-order valence-electron chi connectivity index (χ0n) is 18.6. The van der Waals surface area contributed by atoms with Crippen molar-refractivity contribution in [2.45, 2.75) is 46.6 Å². The Morgan fingerprint density at radius 3 is 2.23 bits per heavy atom. The number of piperidine rings is 1. The molecule has 2 aliphatic heterocycles. The van der Waals surface area contributed by atoms with Gasteiger partial charge in [-0.15, -0.1) is 0 Å². The quantitative estimate of drug-likeness (QED) is 0.748. The summed E-state index contributed by atoms with van der Waals surface area (Å²) in [7, 11) is 0. The van der Waals surface area contributed by atoms with Crippen LogP contribution in [0.15, 0.2) is 58.4 Å². The van der Waals surface area contributed by atoms with E-state index in [0.29, 0.717) is 11.4 Å². The summed E-state index contributed by atoms with van der Waals surface area (Å²) in [6.07, 6.45) is 3.85. The molecule has 31 heavy (non-hydrogen) atoms. The molecule has 2 aromatic rings. The maximum absolute atomic E-state index is 13.1. The molecule has 1 atom stereocenters. The second-order valence-corrected chi connectivity index (χ2v) is 9.62. The molecule has 1 unspecified atom stereocenters. The van der Waals surface area contributed by atoms with E-state index in [1.54, 1.807) is 32.9 Å². The Hall–Kier alpha value is -3.02. The Morgan fingerprint density at radius 2 is 1.68 bits per heavy atom. The van der Waals surface area contributed by atoms with Gasteiger partial charge >= 0.3 is 0 Å². The number of nitrogens with zero attached hydrogens (tertiary/aromatic N) is 2. The summed E-state index contributed by atoms with van der Waals surface area (Å²) in [4.78, 5) is 30.0. The van der Waals surface area contributed by atoms with Crippen LogP contribution in [0.3, 0.4) is 0 Å². The van der Waals surface area contributed by atoms with Gasteiger partial charge in [0.2, 0.25) is 0 Å². The predicted molar refractivity (Wildman–Crippen MR) is 120 cm³/mol. The van der Waals surface area contributed by atoms with Gasteiger partial charge in [-0.3, -0.25) is 14.5 Å². The van der Waals surface area contributed by atoms with Gasteiger partial charge in [-0.05, 0) is 55.2 Å². The van der Waals surface area contributed by atoms with E-state index >= 15 is 0 Å². The minimum Gasteiger partial charge on any atom is -0.503 e. The first-order chi connectivity index (χ1) is 14.7. The molecule has 4 rings (SSSR count). The summed E-state index contributed by atoms with van der Waals surface area (Å²) in [5, 5.41) is 10.7. The summed E-state index contributed by atoms with van der Waals surface area (Å²) >= 11 is 0. The van der Waals surface area contributed by atoms with Gasteiger partial charge in [-0.25, -0.2) is 0 Å². The Balaban J connectivity index is 1.69. The molecule has 164 valence electrons. The lowest BCUT2D eigenvalue weighted by atomic mass is 9.83. The number of anilines is 2. The van der Waals surface area contributed by atoms with Crippen LogP contribution in [0.2, 0.25) is 0 Å². The van der Waals surface area contributed by atoms with Crippen LogP contribution < -0.4 is 9.80 Å². The fraction of sp³-hybridized carbons (Fsp3) is 0.440. The van der Waals surface area contributed by atoms with Crippen LogP contribution in [-0.2, 0) is 9.59 Å². The summed E-state index contributed by atoms with van der Waals surface area (Å²) in [6, 6.07) is 10.4. The Labute approximate surface area is 183 Å². The Bertz CT molecular complexity index is 991. The molecule has 1 fully saturated rings. The van der Waals surface area contributed by atoms with Crippen molar-refractivity contribution in [2.75, 3.05) is 22.9 Å². The number of hydrogen-bond acceptors (Lipinski definition) is 5. The maximum Gasteiger partial charge on any atom is 0.294 e. The van der Waals surface area contributed by atoms with Crippen molar-refractivity contribution in [1.29, 1.82) is 0 Å². The number of aliphatic hydroxyl groups is 1. The van der Waals surface area contributed by atoms with Crippen molar-refractivity contribution in [2.24, 2.45) is 11.3 Å². The maximum atomic E-state index is 13.1. The van der Waals surface area contributed by atoms with Crippen molar-refractivity contribution in [1.82, 2.24) is 0 Å². The molecule has 1 saturated heterocycles. The number of aliphatic hydroxyl groups excluding tert-OH is 1. The number of amides is 1. The summed E-state index contributed by atoms with van der Waals surface area (Å²) in [6.45, 7) is 9.64. The third kappa shape index (κ3) is 3.87. The average molecular weight is 423 g/mol. The Morgan fingerprint density at radius 1 is 1.06 bits per heavy atom. The first-order valence-electron chi connectivity index (χ1n) is 10.9. The molecule has 0 radical (unpaired) electrons. The summed E-state index contributed by atoms with van der Waals surface area (Å²) < 4.78 is 5.59. The predicted octanol–water partition coefficient (Wildman–Crippen LogP) is 5.03. The first kappa shape index (κ1) is 21.2. The third-order valence-electron chi connectivity index (χ3n) is 6.22. The molecular weight excluding hydrogens is 392 g/mol. The fourth-order valence-corrected chi connectivity index (χ4v) is 4.31. The molecule has 0 saturated carbocycles. The van der Waals surface area contributed by atoms with Crippen LogP contribution in [0.25, 0.3) is 0 Å². The van der Waals surface area contributed by atoms with Crippen LogP contribution in [-0.4, -0.2) is 29.9 Å². The van der Waals surface area contributed by atoms with Crippen LogP contribution in [0.1, 0.15) is 52.3 Å². The molecule has 6 heteroatoms. The van der Waals surface area contributed by atoms with Gasteiger partial charge in [-0.1, -0.05) is 27.7 Å². The van der Waals surface area contributed by atoms with Crippen molar-refractivity contribution < 1.29 is 19.1 Å². The van der Waals surface area contributed by atoms with E-state index in [4.69, 9.17) is 4.42 Å². The number of carbonyl (C=O) groups is 2. The molecule has 3 heterocycles. The molecular formula is C25H30N2O4. The van der Waals surface area contributed by atoms with Crippen LogP contribution in [0, 0.1) is 11.3 Å². The normalized spacial score (nSPS) is 20.6. The standard InChI is InChI=1S/C25H30N2O4/c1-16-11-13-26(14-12-16)17-7-9-18(10-8-17)27-21(19-6-5-15-31-19)20(22(28)24(27)30)23(29)25(2,3)4/h5-10,15-16,21,28H,11-14H2,1-4H3. The average Bonchev–Trinajstić information content (AvgIpc) is 3.35. The van der Waals surface area contributed by atoms with Gasteiger partial charge in [0.15, 0.2) is 11.5 Å². The van der Waals surface area contributed by atoms with E-state index in [1.807, 2.05) is 24.3 Å². The van der Waals surface area contributed by atoms with Gasteiger partial charge in [-0.2, -0.15) is 0 Å². The Kier molecular flexibility index (Phi) is 5.42. The molecule has 0 bridgehead atoms. The van der Waals surface area contributed by atoms with Gasteiger partial charge < -0.3 is 14.4 Å². The SMILES string of the molecule is CC1CCN(c2ccc(N3C(=O)C(O)=C(C(=O)C(C)(C)C)C3c3ccco3)cc2)CC1. The van der Waals surface area contributed by atoms with Crippen LogP contribution in [0.4, 0.5) is 11.4 Å². The highest BCUT2D eigenvalue weighted by Gasteiger charge is 2.47. The second kappa shape index (κ2) is 7.91. The lowest BCUT2D eigenvalue weighted by Crippen LogP contribution is -2.33. The number of hydrogen-bond donors (Lipinski definition) is 1. The monoisotopic (exact) mass is 422 g/mol. The van der Waals surface area contributed by atoms with Crippen LogP contribution in [0.5, 0.6) is 0 Å². The van der Waals surface area contributed by atoms with Gasteiger partial charge in [0.25, 0.3) is 5.91 Å². The first-order valence-corrected chi connectivity index (χ1v) is 10.9. The van der Waals surface area contributed by atoms with Gasteiger partial charge in [0, 0.05) is 29.9 Å². The molecule has 0 spiro atoms. The number of ketones is 1. The van der Waals surface area contributed by atoms with E-state index in [2.05, 4.69) is 11.8 Å². The van der Waals surface area contributed by atoms with Gasteiger partial charge in [0.05, 0.1) is 11.8 Å². The van der Waals surface area contributed by atoms with E-state index in [0.717, 1.165) is 24.7 Å². The van der Waals surface area contributed by atoms with Gasteiger partial charge in [0.1, 0.15) is 11.8 Å². The summed E-state index contributed by atoms with van der Waals surface area (Å²) in [5.41, 5.74) is 1.06. The highest BCUT2D eigenvalue weighted by Crippen LogP contribution is 2.43. The third-order valence-corrected chi connectivity index (χ3v) is 6.22. The minimum atomic E-state index is -0.795. The summed E-state index contributed by atoms with van der Waals surface area (Å²) in [5.74, 6) is -0.177.